The number of carbonyl (C=O) groups excluding carboxylic acids is 4. The maximum atomic E-state index is 13.1. The summed E-state index contributed by atoms with van der Waals surface area (Å²) in [6.07, 6.45) is 66.8. The van der Waals surface area contributed by atoms with Crippen molar-refractivity contribution in [2.45, 2.75) is 471 Å². The smallest absolute Gasteiger partial charge is 0.462 e. The van der Waals surface area contributed by atoms with Crippen LogP contribution in [0.5, 0.6) is 0 Å². The average Bonchev–Trinajstić information content (AvgIpc) is 1.14. The van der Waals surface area contributed by atoms with Crippen molar-refractivity contribution in [3.8, 4) is 0 Å². The van der Waals surface area contributed by atoms with Crippen LogP contribution in [0.25, 0.3) is 0 Å². The number of hydrogen-bond donors (Lipinski definition) is 3. The number of carbonyl (C=O) groups is 4. The van der Waals surface area contributed by atoms with E-state index >= 15 is 0 Å². The lowest BCUT2D eigenvalue weighted by atomic mass is 9.99. The fraction of sp³-hybridized carbons (Fsp3) is 0.953. The van der Waals surface area contributed by atoms with Crippen LogP contribution in [0.15, 0.2) is 0 Å². The second-order valence-electron chi connectivity index (χ2n) is 32.1. The van der Waals surface area contributed by atoms with Crippen molar-refractivity contribution < 1.29 is 80.2 Å². The highest BCUT2D eigenvalue weighted by Crippen LogP contribution is 2.45. The predicted octanol–water partition coefficient (Wildman–Crippen LogP) is 26.1. The summed E-state index contributed by atoms with van der Waals surface area (Å²) in [5.41, 5.74) is 0. The van der Waals surface area contributed by atoms with Gasteiger partial charge >= 0.3 is 39.5 Å². The first-order valence-electron chi connectivity index (χ1n) is 44.4. The Bertz CT molecular complexity index is 2030. The Labute approximate surface area is 645 Å². The normalized spacial score (nSPS) is 14.1. The molecule has 0 amide bonds. The molecular weight excluding hydrogens is 1370 g/mol. The lowest BCUT2D eigenvalue weighted by molar-refractivity contribution is -0.161. The van der Waals surface area contributed by atoms with E-state index in [9.17, 15) is 43.2 Å². The number of aliphatic hydroxyl groups is 1. The van der Waals surface area contributed by atoms with Crippen molar-refractivity contribution in [3.63, 3.8) is 0 Å². The third kappa shape index (κ3) is 78.5. The molecule has 0 rings (SSSR count). The fourth-order valence-corrected chi connectivity index (χ4v) is 14.9. The van der Waals surface area contributed by atoms with Crippen LogP contribution in [0, 0.1) is 17.8 Å². The molecule has 6 atom stereocenters. The Morgan fingerprint density at radius 3 is 0.724 bits per heavy atom. The number of hydrogen-bond acceptors (Lipinski definition) is 15. The third-order valence-electron chi connectivity index (χ3n) is 20.5. The van der Waals surface area contributed by atoms with Crippen LogP contribution in [0.1, 0.15) is 453 Å². The molecule has 0 spiro atoms. The summed E-state index contributed by atoms with van der Waals surface area (Å²) in [4.78, 5) is 73.1. The lowest BCUT2D eigenvalue weighted by Crippen LogP contribution is -2.30. The van der Waals surface area contributed by atoms with Gasteiger partial charge in [-0.3, -0.25) is 37.3 Å². The minimum atomic E-state index is -4.97. The van der Waals surface area contributed by atoms with E-state index in [2.05, 4.69) is 48.5 Å². The molecule has 3 unspecified atom stereocenters. The van der Waals surface area contributed by atoms with Crippen molar-refractivity contribution in [1.82, 2.24) is 0 Å². The number of aliphatic hydroxyl groups excluding tert-OH is 1. The molecular formula is C86H168O17P2. The first-order valence-corrected chi connectivity index (χ1v) is 47.4. The Balaban J connectivity index is 5.19. The largest absolute Gasteiger partial charge is 0.472 e. The van der Waals surface area contributed by atoms with E-state index < -0.39 is 97.5 Å². The van der Waals surface area contributed by atoms with Gasteiger partial charge in [0.2, 0.25) is 0 Å². The van der Waals surface area contributed by atoms with Crippen molar-refractivity contribution in [2.75, 3.05) is 39.6 Å². The molecule has 0 bridgehead atoms. The van der Waals surface area contributed by atoms with Gasteiger partial charge in [0.25, 0.3) is 0 Å². The zero-order valence-corrected chi connectivity index (χ0v) is 71.0. The van der Waals surface area contributed by atoms with Crippen LogP contribution in [0.2, 0.25) is 0 Å². The Morgan fingerprint density at radius 2 is 0.486 bits per heavy atom. The van der Waals surface area contributed by atoms with Crippen LogP contribution in [0.3, 0.4) is 0 Å². The molecule has 17 nitrogen and oxygen atoms in total. The van der Waals surface area contributed by atoms with E-state index in [1.165, 1.54) is 263 Å². The Kier molecular flexibility index (Phi) is 74.7. The topological polar surface area (TPSA) is 237 Å². The van der Waals surface area contributed by atoms with Gasteiger partial charge in [-0.1, -0.05) is 402 Å². The van der Waals surface area contributed by atoms with Crippen LogP contribution >= 0.6 is 15.6 Å². The molecule has 0 aromatic heterocycles. The number of phosphoric ester groups is 2. The van der Waals surface area contributed by atoms with E-state index in [1.54, 1.807) is 0 Å². The molecule has 3 N–H and O–H groups in total. The summed E-state index contributed by atoms with van der Waals surface area (Å²) >= 11 is 0. The highest BCUT2D eigenvalue weighted by molar-refractivity contribution is 7.47. The van der Waals surface area contributed by atoms with Crippen molar-refractivity contribution in [2.24, 2.45) is 17.8 Å². The SMILES string of the molecule is CCCCCCCCCCCC(=O)OC[C@H](COP(=O)(O)OC[C@H](O)COP(=O)(O)OC[C@@H](COC(=O)CCCCCCCCCCCCCCCCCCCCC(C)C)OC(=O)CCCCCCCCCCCCCCCCCCCCC(C)CC)OC(=O)CCCCCCCCCCCCC(C)C. The predicted molar refractivity (Wildman–Crippen MR) is 432 cm³/mol. The van der Waals surface area contributed by atoms with Gasteiger partial charge < -0.3 is 33.8 Å². The minimum Gasteiger partial charge on any atom is -0.462 e. The zero-order valence-electron chi connectivity index (χ0n) is 69.2. The second kappa shape index (κ2) is 76.1. The monoisotopic (exact) mass is 1540 g/mol. The summed E-state index contributed by atoms with van der Waals surface area (Å²) in [7, 11) is -9.92. The first-order chi connectivity index (χ1) is 50.8. The molecule has 19 heteroatoms. The Morgan fingerprint density at radius 1 is 0.276 bits per heavy atom. The number of rotatable bonds is 84. The molecule has 0 saturated heterocycles. The standard InChI is InChI=1S/C86H168O17P2/c1-8-10-11-12-13-36-46-53-60-67-83(88)96-73-81(103-86(91)70-63-56-49-42-35-34-38-44-51-58-65-78(5)6)75-100-104(92,93)98-71-80(87)72-99-105(94,95)101-76-82(74-97-84(89)68-61-54-47-40-32-28-24-20-16-14-18-22-26-30-37-43-50-57-64-77(3)4)102-85(90)69-62-55-48-41-33-29-25-21-17-15-19-23-27-31-39-45-52-59-66-79(7)9-2/h77-82,87H,8-76H2,1-7H3,(H,92,93)(H,94,95)/t79?,80-,81+,82+/m0/s1. The van der Waals surface area contributed by atoms with E-state index in [4.69, 9.17) is 37.0 Å². The molecule has 0 saturated carbocycles. The summed E-state index contributed by atoms with van der Waals surface area (Å²) in [5.74, 6) is 0.339. The third-order valence-corrected chi connectivity index (χ3v) is 22.4. The summed E-state index contributed by atoms with van der Waals surface area (Å²) in [6.45, 7) is 12.0. The van der Waals surface area contributed by atoms with Gasteiger partial charge in [0.05, 0.1) is 26.4 Å². The van der Waals surface area contributed by atoms with Crippen molar-refractivity contribution in [3.05, 3.63) is 0 Å². The second-order valence-corrected chi connectivity index (χ2v) is 35.0. The van der Waals surface area contributed by atoms with Gasteiger partial charge in [0.1, 0.15) is 19.3 Å². The van der Waals surface area contributed by atoms with Gasteiger partial charge in [-0.25, -0.2) is 9.13 Å². The maximum absolute atomic E-state index is 13.1. The number of esters is 4. The molecule has 0 fully saturated rings. The quantitative estimate of drug-likeness (QED) is 0.0222. The van der Waals surface area contributed by atoms with Crippen LogP contribution < -0.4 is 0 Å². The van der Waals surface area contributed by atoms with Gasteiger partial charge in [-0.2, -0.15) is 0 Å². The number of phosphoric acid groups is 2. The van der Waals surface area contributed by atoms with Crippen molar-refractivity contribution >= 4 is 39.5 Å². The molecule has 0 aromatic rings. The van der Waals surface area contributed by atoms with Crippen LogP contribution in [0.4, 0.5) is 0 Å². The summed E-state index contributed by atoms with van der Waals surface area (Å²) in [6, 6.07) is 0. The number of unbranched alkanes of at least 4 members (excludes halogenated alkanes) is 51. The van der Waals surface area contributed by atoms with E-state index in [1.807, 2.05) is 0 Å². The summed E-state index contributed by atoms with van der Waals surface area (Å²) in [5, 5.41) is 10.7. The molecule has 0 aliphatic heterocycles. The molecule has 0 aromatic carbocycles. The lowest BCUT2D eigenvalue weighted by Gasteiger charge is -2.21. The van der Waals surface area contributed by atoms with Crippen LogP contribution in [-0.2, 0) is 65.4 Å². The number of ether oxygens (including phenoxy) is 4. The minimum absolute atomic E-state index is 0.106. The van der Waals surface area contributed by atoms with E-state index in [0.29, 0.717) is 25.7 Å². The van der Waals surface area contributed by atoms with Crippen molar-refractivity contribution in [1.29, 1.82) is 0 Å². The summed E-state index contributed by atoms with van der Waals surface area (Å²) < 4.78 is 68.8. The average molecular weight is 1540 g/mol. The molecule has 0 aliphatic rings. The maximum Gasteiger partial charge on any atom is 0.472 e. The fourth-order valence-electron chi connectivity index (χ4n) is 13.3. The highest BCUT2D eigenvalue weighted by atomic mass is 31.2. The molecule has 624 valence electrons. The van der Waals surface area contributed by atoms with Gasteiger partial charge in [0, 0.05) is 25.7 Å². The Hall–Kier alpha value is -1.94. The van der Waals surface area contributed by atoms with Gasteiger partial charge in [-0.05, 0) is 43.4 Å². The zero-order chi connectivity index (χ0) is 77.2. The van der Waals surface area contributed by atoms with Gasteiger partial charge in [0.15, 0.2) is 12.2 Å². The van der Waals surface area contributed by atoms with Gasteiger partial charge in [-0.15, -0.1) is 0 Å². The highest BCUT2D eigenvalue weighted by Gasteiger charge is 2.30. The van der Waals surface area contributed by atoms with Crippen LogP contribution in [-0.4, -0.2) is 96.7 Å². The van der Waals surface area contributed by atoms with E-state index in [0.717, 1.165) is 108 Å². The first kappa shape index (κ1) is 103. The molecule has 0 radical (unpaired) electrons. The van der Waals surface area contributed by atoms with E-state index in [-0.39, 0.29) is 25.7 Å². The molecule has 0 heterocycles. The molecule has 0 aliphatic carbocycles. The molecule has 105 heavy (non-hydrogen) atoms.